The van der Waals surface area contributed by atoms with Crippen LogP contribution in [0.25, 0.3) is 0 Å². The lowest BCUT2D eigenvalue weighted by Gasteiger charge is -2.29. The van der Waals surface area contributed by atoms with Gasteiger partial charge in [0.15, 0.2) is 0 Å². The summed E-state index contributed by atoms with van der Waals surface area (Å²) < 4.78 is 12.6. The van der Waals surface area contributed by atoms with E-state index in [-0.39, 0.29) is 5.25 Å². The summed E-state index contributed by atoms with van der Waals surface area (Å²) in [5.74, 6) is 0. The van der Waals surface area contributed by atoms with Crippen LogP contribution in [0.5, 0.6) is 0 Å². The summed E-state index contributed by atoms with van der Waals surface area (Å²) in [5, 5.41) is 4.42. The van der Waals surface area contributed by atoms with Gasteiger partial charge in [0.25, 0.3) is 0 Å². The van der Waals surface area contributed by atoms with E-state index in [1.807, 2.05) is 24.3 Å². The lowest BCUT2D eigenvalue weighted by molar-refractivity contribution is 0.378. The second kappa shape index (κ2) is 7.41. The van der Waals surface area contributed by atoms with Crippen molar-refractivity contribution < 1.29 is 4.21 Å². The van der Waals surface area contributed by atoms with Crippen LogP contribution in [0.3, 0.4) is 0 Å². The molecular formula is C15H22ClNOS. The Morgan fingerprint density at radius 1 is 1.37 bits per heavy atom. The first kappa shape index (κ1) is 15.0. The smallest absolute Gasteiger partial charge is 0.0577 e. The molecule has 3 unspecified atom stereocenters. The summed E-state index contributed by atoms with van der Waals surface area (Å²) in [6, 6.07) is 8.03. The van der Waals surface area contributed by atoms with Gasteiger partial charge in [-0.2, -0.15) is 0 Å². The van der Waals surface area contributed by atoms with Crippen LogP contribution in [-0.4, -0.2) is 22.0 Å². The van der Waals surface area contributed by atoms with Gasteiger partial charge in [0, 0.05) is 11.3 Å². The lowest BCUT2D eigenvalue weighted by Crippen LogP contribution is -2.37. The van der Waals surface area contributed by atoms with Gasteiger partial charge in [-0.1, -0.05) is 37.1 Å². The van der Waals surface area contributed by atoms with Gasteiger partial charge >= 0.3 is 0 Å². The van der Waals surface area contributed by atoms with Gasteiger partial charge in [-0.3, -0.25) is 4.21 Å². The van der Waals surface area contributed by atoms with Gasteiger partial charge in [-0.25, -0.2) is 0 Å². The Hall–Kier alpha value is -0.380. The van der Waals surface area contributed by atoms with Gasteiger partial charge in [-0.15, -0.1) is 0 Å². The molecule has 1 N–H and O–H groups in total. The maximum absolute atomic E-state index is 12.6. The van der Waals surface area contributed by atoms with E-state index in [0.717, 1.165) is 37.1 Å². The first-order chi connectivity index (χ1) is 9.22. The van der Waals surface area contributed by atoms with Gasteiger partial charge in [0.1, 0.15) is 0 Å². The predicted octanol–water partition coefficient (Wildman–Crippen LogP) is 3.76. The van der Waals surface area contributed by atoms with Crippen LogP contribution in [-0.2, 0) is 10.8 Å². The Bertz CT molecular complexity index is 438. The molecule has 19 heavy (non-hydrogen) atoms. The molecule has 1 aliphatic carbocycles. The van der Waals surface area contributed by atoms with Crippen molar-refractivity contribution in [2.75, 3.05) is 6.54 Å². The Labute approximate surface area is 123 Å². The topological polar surface area (TPSA) is 29.1 Å². The third-order valence-corrected chi connectivity index (χ3v) is 5.93. The van der Waals surface area contributed by atoms with Crippen molar-refractivity contribution in [2.24, 2.45) is 0 Å². The van der Waals surface area contributed by atoms with E-state index in [4.69, 9.17) is 11.6 Å². The standard InChI is InChI=1S/C15H22ClNOS/c1-2-10-17-12-6-5-7-13(11-12)19(18)15-9-4-3-8-14(15)16/h3-4,8-9,12-13,17H,2,5-7,10-11H2,1H3. The molecule has 106 valence electrons. The van der Waals surface area contributed by atoms with Gasteiger partial charge < -0.3 is 5.32 Å². The molecule has 0 amide bonds. The molecule has 0 aliphatic heterocycles. The number of halogens is 1. The Kier molecular flexibility index (Phi) is 5.86. The third kappa shape index (κ3) is 4.04. The van der Waals surface area contributed by atoms with Crippen molar-refractivity contribution in [1.82, 2.24) is 5.32 Å². The van der Waals surface area contributed by atoms with Gasteiger partial charge in [-0.05, 0) is 44.4 Å². The van der Waals surface area contributed by atoms with Crippen LogP contribution in [0, 0.1) is 0 Å². The molecule has 3 atom stereocenters. The summed E-state index contributed by atoms with van der Waals surface area (Å²) in [5.41, 5.74) is 0. The predicted molar refractivity (Wildman–Crippen MR) is 82.2 cm³/mol. The first-order valence-corrected chi connectivity index (χ1v) is 8.70. The van der Waals surface area contributed by atoms with E-state index < -0.39 is 10.8 Å². The molecule has 1 aliphatic rings. The minimum absolute atomic E-state index is 0.239. The molecule has 0 aromatic heterocycles. The largest absolute Gasteiger partial charge is 0.314 e. The van der Waals surface area contributed by atoms with Crippen molar-refractivity contribution in [1.29, 1.82) is 0 Å². The third-order valence-electron chi connectivity index (χ3n) is 3.67. The highest BCUT2D eigenvalue weighted by Gasteiger charge is 2.27. The highest BCUT2D eigenvalue weighted by atomic mass is 35.5. The monoisotopic (exact) mass is 299 g/mol. The summed E-state index contributed by atoms with van der Waals surface area (Å²) in [6.45, 7) is 3.23. The van der Waals surface area contributed by atoms with E-state index in [1.54, 1.807) is 0 Å². The highest BCUT2D eigenvalue weighted by molar-refractivity contribution is 7.85. The number of rotatable bonds is 5. The normalized spacial score (nSPS) is 25.2. The molecule has 0 spiro atoms. The molecule has 0 saturated heterocycles. The van der Waals surface area contributed by atoms with Crippen LogP contribution < -0.4 is 5.32 Å². The van der Waals surface area contributed by atoms with Crippen molar-refractivity contribution >= 4 is 22.4 Å². The minimum Gasteiger partial charge on any atom is -0.314 e. The summed E-state index contributed by atoms with van der Waals surface area (Å²) >= 11 is 6.15. The quantitative estimate of drug-likeness (QED) is 0.897. The van der Waals surface area contributed by atoms with Crippen LogP contribution in [0.2, 0.25) is 5.02 Å². The molecule has 2 rings (SSSR count). The Morgan fingerprint density at radius 3 is 2.89 bits per heavy atom. The van der Waals surface area contributed by atoms with E-state index in [9.17, 15) is 4.21 Å². The Morgan fingerprint density at radius 2 is 2.16 bits per heavy atom. The van der Waals surface area contributed by atoms with Crippen LogP contribution in [0.4, 0.5) is 0 Å². The molecule has 1 aromatic rings. The lowest BCUT2D eigenvalue weighted by atomic mass is 9.95. The molecule has 2 nitrogen and oxygen atoms in total. The number of hydrogen-bond acceptors (Lipinski definition) is 2. The van der Waals surface area contributed by atoms with E-state index in [1.165, 1.54) is 6.42 Å². The van der Waals surface area contributed by atoms with Gasteiger partial charge in [0.2, 0.25) is 0 Å². The maximum atomic E-state index is 12.6. The fourth-order valence-corrected chi connectivity index (χ4v) is 4.64. The molecule has 1 saturated carbocycles. The van der Waals surface area contributed by atoms with Crippen molar-refractivity contribution in [3.05, 3.63) is 29.3 Å². The number of nitrogens with one attached hydrogen (secondary N) is 1. The fourth-order valence-electron chi connectivity index (χ4n) is 2.66. The summed E-state index contributed by atoms with van der Waals surface area (Å²) in [6.07, 6.45) is 5.55. The average Bonchev–Trinajstić information content (AvgIpc) is 2.45. The molecule has 1 aromatic carbocycles. The zero-order chi connectivity index (χ0) is 13.7. The molecule has 4 heteroatoms. The molecule has 0 bridgehead atoms. The summed E-state index contributed by atoms with van der Waals surface area (Å²) in [4.78, 5) is 0.797. The average molecular weight is 300 g/mol. The van der Waals surface area contributed by atoms with E-state index in [0.29, 0.717) is 11.1 Å². The fraction of sp³-hybridized carbons (Fsp3) is 0.600. The van der Waals surface area contributed by atoms with Crippen LogP contribution in [0.15, 0.2) is 29.2 Å². The minimum atomic E-state index is -0.980. The SMILES string of the molecule is CCCNC1CCCC(S(=O)c2ccccc2Cl)C1. The van der Waals surface area contributed by atoms with E-state index >= 15 is 0 Å². The molecule has 0 heterocycles. The highest BCUT2D eigenvalue weighted by Crippen LogP contribution is 2.29. The number of benzene rings is 1. The van der Waals surface area contributed by atoms with Gasteiger partial charge in [0.05, 0.1) is 20.7 Å². The molecule has 0 radical (unpaired) electrons. The molecule has 1 fully saturated rings. The van der Waals surface area contributed by atoms with Crippen molar-refractivity contribution in [2.45, 2.75) is 55.2 Å². The second-order valence-corrected chi connectivity index (χ2v) is 7.28. The summed E-state index contributed by atoms with van der Waals surface area (Å²) in [7, 11) is -0.980. The van der Waals surface area contributed by atoms with Crippen LogP contribution >= 0.6 is 11.6 Å². The van der Waals surface area contributed by atoms with E-state index in [2.05, 4.69) is 12.2 Å². The zero-order valence-corrected chi connectivity index (χ0v) is 13.0. The number of hydrogen-bond donors (Lipinski definition) is 1. The maximum Gasteiger partial charge on any atom is 0.0577 e. The van der Waals surface area contributed by atoms with Crippen molar-refractivity contribution in [3.8, 4) is 0 Å². The second-order valence-electron chi connectivity index (χ2n) is 5.17. The zero-order valence-electron chi connectivity index (χ0n) is 11.4. The first-order valence-electron chi connectivity index (χ1n) is 7.11. The molecular weight excluding hydrogens is 278 g/mol. The van der Waals surface area contributed by atoms with Crippen LogP contribution in [0.1, 0.15) is 39.0 Å². The van der Waals surface area contributed by atoms with Crippen molar-refractivity contribution in [3.63, 3.8) is 0 Å². The Balaban J connectivity index is 2.01.